The zero-order valence-corrected chi connectivity index (χ0v) is 9.72. The third-order valence-corrected chi connectivity index (χ3v) is 2.72. The summed E-state index contributed by atoms with van der Waals surface area (Å²) in [5, 5.41) is 0. The summed E-state index contributed by atoms with van der Waals surface area (Å²) >= 11 is 0. The molecular formula is C12H17F3N2. The largest absolute Gasteiger partial charge is 0.389 e. The van der Waals surface area contributed by atoms with E-state index in [0.29, 0.717) is 6.42 Å². The summed E-state index contributed by atoms with van der Waals surface area (Å²) in [4.78, 5) is 0. The molecule has 5 heteroatoms. The maximum Gasteiger partial charge on any atom is 0.389 e. The first-order valence-electron chi connectivity index (χ1n) is 5.52. The molecule has 0 fully saturated rings. The number of hydrogen-bond donors (Lipinski definition) is 2. The number of nitrogens with two attached hydrogens (primary N) is 1. The van der Waals surface area contributed by atoms with Gasteiger partial charge in [-0.1, -0.05) is 24.3 Å². The highest BCUT2D eigenvalue weighted by atomic mass is 19.4. The summed E-state index contributed by atoms with van der Waals surface area (Å²) in [6.45, 7) is 1.92. The molecule has 1 unspecified atom stereocenters. The summed E-state index contributed by atoms with van der Waals surface area (Å²) < 4.78 is 36.1. The maximum atomic E-state index is 12.0. The van der Waals surface area contributed by atoms with Crippen LogP contribution in [0.25, 0.3) is 0 Å². The van der Waals surface area contributed by atoms with Crippen molar-refractivity contribution in [2.24, 2.45) is 5.84 Å². The van der Waals surface area contributed by atoms with E-state index >= 15 is 0 Å². The smallest absolute Gasteiger partial charge is 0.271 e. The average Bonchev–Trinajstić information content (AvgIpc) is 2.24. The topological polar surface area (TPSA) is 38.0 Å². The van der Waals surface area contributed by atoms with Crippen molar-refractivity contribution in [3.05, 3.63) is 35.4 Å². The minimum Gasteiger partial charge on any atom is -0.271 e. The number of alkyl halides is 3. The number of aryl methyl sites for hydroxylation is 1. The van der Waals surface area contributed by atoms with Crippen molar-refractivity contribution in [2.45, 2.75) is 38.4 Å². The van der Waals surface area contributed by atoms with Crippen LogP contribution < -0.4 is 11.3 Å². The van der Waals surface area contributed by atoms with Gasteiger partial charge in [0.25, 0.3) is 0 Å². The second-order valence-corrected chi connectivity index (χ2v) is 4.08. The van der Waals surface area contributed by atoms with Gasteiger partial charge in [0.2, 0.25) is 0 Å². The predicted molar refractivity (Wildman–Crippen MR) is 61.1 cm³/mol. The van der Waals surface area contributed by atoms with Gasteiger partial charge in [-0.05, 0) is 30.9 Å². The van der Waals surface area contributed by atoms with Crippen molar-refractivity contribution in [2.75, 3.05) is 0 Å². The number of hydrogen-bond acceptors (Lipinski definition) is 2. The zero-order valence-electron chi connectivity index (χ0n) is 9.72. The lowest BCUT2D eigenvalue weighted by molar-refractivity contribution is -0.135. The van der Waals surface area contributed by atoms with Gasteiger partial charge in [0.1, 0.15) is 0 Å². The highest BCUT2D eigenvalue weighted by Gasteiger charge is 2.26. The Bertz CT molecular complexity index is 350. The lowest BCUT2D eigenvalue weighted by atomic mass is 9.97. The Balaban J connectivity index is 2.58. The Kier molecular flexibility index (Phi) is 4.96. The maximum absolute atomic E-state index is 12.0. The van der Waals surface area contributed by atoms with Gasteiger partial charge in [-0.15, -0.1) is 0 Å². The first kappa shape index (κ1) is 14.0. The van der Waals surface area contributed by atoms with Crippen molar-refractivity contribution in [3.8, 4) is 0 Å². The molecule has 1 aromatic rings. The van der Waals surface area contributed by atoms with Crippen molar-refractivity contribution in [1.82, 2.24) is 5.43 Å². The van der Waals surface area contributed by atoms with Crippen LogP contribution in [0.1, 0.15) is 36.4 Å². The van der Waals surface area contributed by atoms with Crippen LogP contribution in [0.2, 0.25) is 0 Å². The van der Waals surface area contributed by atoms with E-state index in [-0.39, 0.29) is 12.5 Å². The van der Waals surface area contributed by atoms with E-state index in [2.05, 4.69) is 5.43 Å². The van der Waals surface area contributed by atoms with E-state index < -0.39 is 12.6 Å². The van der Waals surface area contributed by atoms with Crippen LogP contribution in [0.5, 0.6) is 0 Å². The Labute approximate surface area is 99.0 Å². The zero-order chi connectivity index (χ0) is 12.9. The van der Waals surface area contributed by atoms with Gasteiger partial charge >= 0.3 is 6.18 Å². The Morgan fingerprint density at radius 1 is 1.29 bits per heavy atom. The molecular weight excluding hydrogens is 229 g/mol. The fourth-order valence-electron chi connectivity index (χ4n) is 1.81. The van der Waals surface area contributed by atoms with E-state index in [1.807, 2.05) is 31.2 Å². The highest BCUT2D eigenvalue weighted by Crippen LogP contribution is 2.27. The standard InChI is InChI=1S/C12H17F3N2/c1-9-5-2-3-6-10(9)11(17-16)7-4-8-12(13,14)15/h2-3,5-6,11,17H,4,7-8,16H2,1H3. The van der Waals surface area contributed by atoms with Gasteiger partial charge in [-0.3, -0.25) is 11.3 Å². The third kappa shape index (κ3) is 4.75. The molecule has 0 amide bonds. The minimum atomic E-state index is -4.09. The molecule has 17 heavy (non-hydrogen) atoms. The van der Waals surface area contributed by atoms with Crippen molar-refractivity contribution >= 4 is 0 Å². The molecule has 0 aromatic heterocycles. The van der Waals surface area contributed by atoms with Crippen LogP contribution in [0.3, 0.4) is 0 Å². The fourth-order valence-corrected chi connectivity index (χ4v) is 1.81. The van der Waals surface area contributed by atoms with E-state index in [0.717, 1.165) is 11.1 Å². The van der Waals surface area contributed by atoms with Crippen LogP contribution >= 0.6 is 0 Å². The molecule has 96 valence electrons. The number of benzene rings is 1. The second-order valence-electron chi connectivity index (χ2n) is 4.08. The van der Waals surface area contributed by atoms with Gasteiger partial charge in [-0.2, -0.15) is 13.2 Å². The van der Waals surface area contributed by atoms with E-state index in [1.165, 1.54) is 0 Å². The van der Waals surface area contributed by atoms with Crippen molar-refractivity contribution < 1.29 is 13.2 Å². The summed E-state index contributed by atoms with van der Waals surface area (Å²) in [5.41, 5.74) is 4.56. The quantitative estimate of drug-likeness (QED) is 0.618. The molecule has 1 aromatic carbocycles. The lowest BCUT2D eigenvalue weighted by Crippen LogP contribution is -2.28. The molecule has 0 radical (unpaired) electrons. The summed E-state index contributed by atoms with van der Waals surface area (Å²) in [6, 6.07) is 7.33. The number of nitrogens with one attached hydrogen (secondary N) is 1. The molecule has 1 atom stereocenters. The Morgan fingerprint density at radius 3 is 2.47 bits per heavy atom. The van der Waals surface area contributed by atoms with E-state index in [1.54, 1.807) is 0 Å². The van der Waals surface area contributed by atoms with Crippen LogP contribution in [-0.2, 0) is 0 Å². The fraction of sp³-hybridized carbons (Fsp3) is 0.500. The van der Waals surface area contributed by atoms with E-state index in [4.69, 9.17) is 5.84 Å². The van der Waals surface area contributed by atoms with Crippen molar-refractivity contribution in [1.29, 1.82) is 0 Å². The molecule has 0 bridgehead atoms. The number of hydrazine groups is 1. The van der Waals surface area contributed by atoms with Crippen LogP contribution in [-0.4, -0.2) is 6.18 Å². The van der Waals surface area contributed by atoms with Crippen LogP contribution in [0.4, 0.5) is 13.2 Å². The van der Waals surface area contributed by atoms with Crippen LogP contribution in [0, 0.1) is 6.92 Å². The Morgan fingerprint density at radius 2 is 1.94 bits per heavy atom. The molecule has 0 saturated carbocycles. The van der Waals surface area contributed by atoms with Gasteiger partial charge in [0.05, 0.1) is 0 Å². The predicted octanol–water partition coefficient (Wildman–Crippen LogP) is 3.23. The SMILES string of the molecule is Cc1ccccc1C(CCCC(F)(F)F)NN. The molecule has 0 aliphatic carbocycles. The molecule has 0 heterocycles. The van der Waals surface area contributed by atoms with Gasteiger partial charge in [0.15, 0.2) is 0 Å². The highest BCUT2D eigenvalue weighted by molar-refractivity contribution is 5.28. The summed E-state index contributed by atoms with van der Waals surface area (Å²) in [5.74, 6) is 5.39. The lowest BCUT2D eigenvalue weighted by Gasteiger charge is -2.18. The number of halogens is 3. The molecule has 0 spiro atoms. The number of rotatable bonds is 5. The molecule has 0 saturated heterocycles. The van der Waals surface area contributed by atoms with Crippen molar-refractivity contribution in [3.63, 3.8) is 0 Å². The Hall–Kier alpha value is -1.07. The van der Waals surface area contributed by atoms with Gasteiger partial charge in [0, 0.05) is 12.5 Å². The molecule has 2 nitrogen and oxygen atoms in total. The second kappa shape index (κ2) is 6.02. The molecule has 3 N–H and O–H groups in total. The summed E-state index contributed by atoms with van der Waals surface area (Å²) in [7, 11) is 0. The first-order chi connectivity index (χ1) is 7.94. The summed E-state index contributed by atoms with van der Waals surface area (Å²) in [6.07, 6.45) is -4.41. The monoisotopic (exact) mass is 246 g/mol. The third-order valence-electron chi connectivity index (χ3n) is 2.72. The van der Waals surface area contributed by atoms with E-state index in [9.17, 15) is 13.2 Å². The molecule has 0 aliphatic heterocycles. The normalized spacial score (nSPS) is 13.7. The minimum absolute atomic E-state index is 0.0761. The average molecular weight is 246 g/mol. The van der Waals surface area contributed by atoms with Crippen LogP contribution in [0.15, 0.2) is 24.3 Å². The van der Waals surface area contributed by atoms with Gasteiger partial charge < -0.3 is 0 Å². The molecule has 1 rings (SSSR count). The first-order valence-corrected chi connectivity index (χ1v) is 5.52. The van der Waals surface area contributed by atoms with Gasteiger partial charge in [-0.25, -0.2) is 0 Å². The molecule has 0 aliphatic rings.